The Labute approximate surface area is 125 Å². The molecule has 118 valence electrons. The zero-order valence-electron chi connectivity index (χ0n) is 12.5. The van der Waals surface area contributed by atoms with Gasteiger partial charge in [-0.05, 0) is 38.2 Å². The Morgan fingerprint density at radius 3 is 2.48 bits per heavy atom. The molecule has 0 bridgehead atoms. The number of rotatable bonds is 6. The number of nitrogens with one attached hydrogen (secondary N) is 1. The van der Waals surface area contributed by atoms with Crippen molar-refractivity contribution in [1.82, 2.24) is 9.71 Å². The molecule has 1 heterocycles. The zero-order valence-corrected chi connectivity index (χ0v) is 13.3. The van der Waals surface area contributed by atoms with E-state index in [1.807, 2.05) is 6.07 Å². The van der Waals surface area contributed by atoms with Gasteiger partial charge in [0, 0.05) is 12.3 Å². The van der Waals surface area contributed by atoms with Crippen LogP contribution in [0.2, 0.25) is 0 Å². The second-order valence-corrected chi connectivity index (χ2v) is 7.98. The summed E-state index contributed by atoms with van der Waals surface area (Å²) in [5.41, 5.74) is 0.789. The van der Waals surface area contributed by atoms with Gasteiger partial charge >= 0.3 is 0 Å². The second kappa shape index (κ2) is 6.29. The number of nitrogens with zero attached hydrogens (tertiary/aromatic N) is 1. The van der Waals surface area contributed by atoms with Gasteiger partial charge in [-0.15, -0.1) is 0 Å². The quantitative estimate of drug-likeness (QED) is 0.824. The van der Waals surface area contributed by atoms with E-state index in [1.54, 1.807) is 26.1 Å². The van der Waals surface area contributed by atoms with Crippen LogP contribution in [-0.4, -0.2) is 37.0 Å². The lowest BCUT2D eigenvalue weighted by Gasteiger charge is -2.38. The molecule has 0 radical (unpaired) electrons. The Bertz CT molecular complexity index is 565. The predicted molar refractivity (Wildman–Crippen MR) is 79.5 cm³/mol. The van der Waals surface area contributed by atoms with Crippen LogP contribution in [0.1, 0.15) is 38.3 Å². The third-order valence-corrected chi connectivity index (χ3v) is 5.68. The standard InChI is InChI=1S/C14H22N2O4S/c1-9(2)21(18,19)16-14(11-6-12(17)7-11)10-4-5-13(20-3)15-8-10/h4-5,8-9,11-12,14,16-17H,6-7H2,1-3H3. The number of aliphatic hydroxyl groups excluding tert-OH is 1. The first-order valence-electron chi connectivity index (χ1n) is 7.02. The maximum Gasteiger partial charge on any atom is 0.214 e. The van der Waals surface area contributed by atoms with Gasteiger partial charge in [0.15, 0.2) is 0 Å². The van der Waals surface area contributed by atoms with Crippen LogP contribution in [0.5, 0.6) is 5.88 Å². The molecule has 1 aromatic heterocycles. The first-order chi connectivity index (χ1) is 9.83. The number of aromatic nitrogens is 1. The average molecular weight is 314 g/mol. The topological polar surface area (TPSA) is 88.5 Å². The van der Waals surface area contributed by atoms with Crippen LogP contribution in [0, 0.1) is 5.92 Å². The van der Waals surface area contributed by atoms with E-state index >= 15 is 0 Å². The molecule has 0 saturated heterocycles. The van der Waals surface area contributed by atoms with E-state index in [2.05, 4.69) is 9.71 Å². The molecule has 0 spiro atoms. The number of sulfonamides is 1. The molecule has 1 saturated carbocycles. The summed E-state index contributed by atoms with van der Waals surface area (Å²) in [6, 6.07) is 3.16. The van der Waals surface area contributed by atoms with E-state index < -0.39 is 15.3 Å². The van der Waals surface area contributed by atoms with Crippen molar-refractivity contribution in [2.45, 2.75) is 44.1 Å². The number of hydrogen-bond acceptors (Lipinski definition) is 5. The fraction of sp³-hybridized carbons (Fsp3) is 0.643. The lowest BCUT2D eigenvalue weighted by Crippen LogP contribution is -2.43. The van der Waals surface area contributed by atoms with Crippen molar-refractivity contribution < 1.29 is 18.3 Å². The maximum atomic E-state index is 12.1. The summed E-state index contributed by atoms with van der Waals surface area (Å²) in [6.07, 6.45) is 2.47. The first kappa shape index (κ1) is 16.2. The van der Waals surface area contributed by atoms with Crippen LogP contribution in [0.3, 0.4) is 0 Å². The Morgan fingerprint density at radius 2 is 2.05 bits per heavy atom. The molecule has 0 aliphatic heterocycles. The summed E-state index contributed by atoms with van der Waals surface area (Å²) in [4.78, 5) is 4.13. The monoisotopic (exact) mass is 314 g/mol. The van der Waals surface area contributed by atoms with Gasteiger partial charge in [-0.2, -0.15) is 0 Å². The third kappa shape index (κ3) is 3.72. The molecule has 0 aromatic carbocycles. The summed E-state index contributed by atoms with van der Waals surface area (Å²) in [7, 11) is -1.86. The van der Waals surface area contributed by atoms with E-state index in [0.717, 1.165) is 5.56 Å². The molecular weight excluding hydrogens is 292 g/mol. The molecule has 1 unspecified atom stereocenters. The maximum absolute atomic E-state index is 12.1. The van der Waals surface area contributed by atoms with E-state index in [-0.39, 0.29) is 18.1 Å². The smallest absolute Gasteiger partial charge is 0.214 e. The molecule has 1 aliphatic carbocycles. The predicted octanol–water partition coefficient (Wildman–Crippen LogP) is 1.23. The van der Waals surface area contributed by atoms with Crippen molar-refractivity contribution in [2.24, 2.45) is 5.92 Å². The number of pyridine rings is 1. The largest absolute Gasteiger partial charge is 0.481 e. The molecular formula is C14H22N2O4S. The molecule has 7 heteroatoms. The summed E-state index contributed by atoms with van der Waals surface area (Å²) >= 11 is 0. The van der Waals surface area contributed by atoms with Gasteiger partial charge in [-0.3, -0.25) is 0 Å². The fourth-order valence-corrected chi connectivity index (χ4v) is 3.30. The molecule has 2 N–H and O–H groups in total. The van der Waals surface area contributed by atoms with Gasteiger partial charge < -0.3 is 9.84 Å². The Kier molecular flexibility index (Phi) is 4.85. The minimum Gasteiger partial charge on any atom is -0.481 e. The number of aliphatic hydroxyl groups is 1. The lowest BCUT2D eigenvalue weighted by molar-refractivity contribution is 0.0279. The van der Waals surface area contributed by atoms with Gasteiger partial charge in [0.05, 0.1) is 24.5 Å². The van der Waals surface area contributed by atoms with Crippen molar-refractivity contribution in [2.75, 3.05) is 7.11 Å². The van der Waals surface area contributed by atoms with E-state index in [1.165, 1.54) is 7.11 Å². The molecule has 0 amide bonds. The highest BCUT2D eigenvalue weighted by Crippen LogP contribution is 2.38. The molecule has 2 rings (SSSR count). The highest BCUT2D eigenvalue weighted by Gasteiger charge is 2.37. The second-order valence-electron chi connectivity index (χ2n) is 5.71. The van der Waals surface area contributed by atoms with E-state index in [4.69, 9.17) is 4.74 Å². The summed E-state index contributed by atoms with van der Waals surface area (Å²) < 4.78 is 32.1. The molecule has 1 atom stereocenters. The summed E-state index contributed by atoms with van der Waals surface area (Å²) in [6.45, 7) is 3.28. The highest BCUT2D eigenvalue weighted by molar-refractivity contribution is 7.90. The number of hydrogen-bond donors (Lipinski definition) is 2. The Morgan fingerprint density at radius 1 is 1.38 bits per heavy atom. The van der Waals surface area contributed by atoms with Crippen LogP contribution in [-0.2, 0) is 10.0 Å². The van der Waals surface area contributed by atoms with Crippen molar-refractivity contribution in [3.8, 4) is 5.88 Å². The molecule has 21 heavy (non-hydrogen) atoms. The van der Waals surface area contributed by atoms with Gasteiger partial charge in [0.2, 0.25) is 15.9 Å². The molecule has 1 fully saturated rings. The minimum atomic E-state index is -3.39. The molecule has 6 nitrogen and oxygen atoms in total. The SMILES string of the molecule is COc1ccc(C(NS(=O)(=O)C(C)C)C2CC(O)C2)cn1. The van der Waals surface area contributed by atoms with Gasteiger partial charge in [-0.25, -0.2) is 18.1 Å². The molecule has 1 aromatic rings. The summed E-state index contributed by atoms with van der Waals surface area (Å²) in [5.74, 6) is 0.571. The van der Waals surface area contributed by atoms with Gasteiger partial charge in [-0.1, -0.05) is 6.07 Å². The minimum absolute atomic E-state index is 0.0868. The zero-order chi connectivity index (χ0) is 15.6. The van der Waals surface area contributed by atoms with Crippen LogP contribution >= 0.6 is 0 Å². The van der Waals surface area contributed by atoms with Gasteiger partial charge in [0.1, 0.15) is 0 Å². The van der Waals surface area contributed by atoms with Crippen molar-refractivity contribution in [3.05, 3.63) is 23.9 Å². The van der Waals surface area contributed by atoms with Crippen LogP contribution in [0.25, 0.3) is 0 Å². The van der Waals surface area contributed by atoms with Crippen molar-refractivity contribution >= 4 is 10.0 Å². The normalized spacial score (nSPS) is 23.7. The lowest BCUT2D eigenvalue weighted by atomic mass is 9.76. The van der Waals surface area contributed by atoms with Crippen LogP contribution in [0.4, 0.5) is 0 Å². The van der Waals surface area contributed by atoms with Crippen molar-refractivity contribution in [1.29, 1.82) is 0 Å². The van der Waals surface area contributed by atoms with E-state index in [0.29, 0.717) is 18.7 Å². The first-order valence-corrected chi connectivity index (χ1v) is 8.57. The fourth-order valence-electron chi connectivity index (χ4n) is 2.35. The third-order valence-electron chi connectivity index (χ3n) is 3.86. The number of ether oxygens (including phenoxy) is 1. The van der Waals surface area contributed by atoms with Crippen LogP contribution in [0.15, 0.2) is 18.3 Å². The molecule has 1 aliphatic rings. The van der Waals surface area contributed by atoms with Gasteiger partial charge in [0.25, 0.3) is 0 Å². The van der Waals surface area contributed by atoms with E-state index in [9.17, 15) is 13.5 Å². The van der Waals surface area contributed by atoms with Crippen molar-refractivity contribution in [3.63, 3.8) is 0 Å². The highest BCUT2D eigenvalue weighted by atomic mass is 32.2. The Hall–Kier alpha value is -1.18. The Balaban J connectivity index is 2.23. The summed E-state index contributed by atoms with van der Waals surface area (Å²) in [5, 5.41) is 8.99. The number of methoxy groups -OCH3 is 1. The average Bonchev–Trinajstić information content (AvgIpc) is 2.42. The van der Waals surface area contributed by atoms with Crippen LogP contribution < -0.4 is 9.46 Å².